The summed E-state index contributed by atoms with van der Waals surface area (Å²) in [5.74, 6) is -1.16. The summed E-state index contributed by atoms with van der Waals surface area (Å²) in [7, 11) is 0. The molecule has 1 heterocycles. The van der Waals surface area contributed by atoms with Gasteiger partial charge in [0.2, 0.25) is 0 Å². The molecule has 0 aliphatic heterocycles. The fourth-order valence-electron chi connectivity index (χ4n) is 3.36. The van der Waals surface area contributed by atoms with Gasteiger partial charge in [0.15, 0.2) is 0 Å². The topological polar surface area (TPSA) is 75.6 Å². The van der Waals surface area contributed by atoms with E-state index in [1.807, 2.05) is 36.4 Å². The Hall–Kier alpha value is -2.64. The highest BCUT2D eigenvalue weighted by atomic mass is 79.9. The minimum Gasteiger partial charge on any atom is -0.478 e. The minimum absolute atomic E-state index is 0.0218. The second-order valence-corrected chi connectivity index (χ2v) is 7.78. The molecule has 1 aromatic heterocycles. The second kappa shape index (κ2) is 7.17. The van der Waals surface area contributed by atoms with Gasteiger partial charge < -0.3 is 9.84 Å². The smallest absolute Gasteiger partial charge is 0.412 e. The first kappa shape index (κ1) is 17.8. The summed E-state index contributed by atoms with van der Waals surface area (Å²) >= 11 is 4.30. The van der Waals surface area contributed by atoms with E-state index in [1.165, 1.54) is 0 Å². The van der Waals surface area contributed by atoms with E-state index in [0.717, 1.165) is 33.6 Å². The number of rotatable bonds is 4. The summed E-state index contributed by atoms with van der Waals surface area (Å²) in [5, 5.41) is 13.6. The molecular formula is C20H14BrNO4S. The van der Waals surface area contributed by atoms with Crippen LogP contribution in [-0.2, 0) is 4.74 Å². The maximum atomic E-state index is 12.2. The van der Waals surface area contributed by atoms with Crippen LogP contribution in [0.15, 0.2) is 58.4 Å². The van der Waals surface area contributed by atoms with Crippen molar-refractivity contribution < 1.29 is 19.4 Å². The van der Waals surface area contributed by atoms with Gasteiger partial charge in [0, 0.05) is 15.8 Å². The van der Waals surface area contributed by atoms with Crippen molar-refractivity contribution in [2.24, 2.45) is 0 Å². The number of nitrogens with one attached hydrogen (secondary N) is 1. The molecule has 1 aliphatic rings. The number of benzene rings is 2. The Kier molecular flexibility index (Phi) is 4.72. The molecule has 2 N–H and O–H groups in total. The molecule has 0 unspecified atom stereocenters. The fourth-order valence-corrected chi connectivity index (χ4v) is 4.93. The highest BCUT2D eigenvalue weighted by Gasteiger charge is 2.29. The van der Waals surface area contributed by atoms with Gasteiger partial charge in [-0.2, -0.15) is 0 Å². The number of aromatic carboxylic acids is 1. The number of carboxylic acid groups (broad SMARTS) is 1. The molecule has 1 amide bonds. The summed E-state index contributed by atoms with van der Waals surface area (Å²) in [6.07, 6.45) is -0.672. The molecule has 0 saturated heterocycles. The number of anilines is 1. The van der Waals surface area contributed by atoms with Crippen LogP contribution in [0.25, 0.3) is 11.1 Å². The summed E-state index contributed by atoms with van der Waals surface area (Å²) in [6.45, 7) is 0.175. The molecule has 136 valence electrons. The van der Waals surface area contributed by atoms with Crippen molar-refractivity contribution in [2.45, 2.75) is 5.92 Å². The van der Waals surface area contributed by atoms with Crippen molar-refractivity contribution in [3.8, 4) is 11.1 Å². The Balaban J connectivity index is 1.51. The SMILES string of the molecule is O=C(Nc1scc(Br)c1C(=O)O)OCC1c2ccccc2-c2ccccc21. The van der Waals surface area contributed by atoms with E-state index in [9.17, 15) is 14.7 Å². The summed E-state index contributed by atoms with van der Waals surface area (Å²) in [4.78, 5) is 23.6. The normalized spacial score (nSPS) is 12.3. The van der Waals surface area contributed by atoms with Gasteiger partial charge in [-0.3, -0.25) is 5.32 Å². The molecule has 0 fully saturated rings. The first-order valence-electron chi connectivity index (χ1n) is 8.18. The van der Waals surface area contributed by atoms with Crippen LogP contribution in [0.5, 0.6) is 0 Å². The minimum atomic E-state index is -1.11. The molecule has 4 rings (SSSR count). The quantitative estimate of drug-likeness (QED) is 0.552. The molecule has 0 spiro atoms. The van der Waals surface area contributed by atoms with Gasteiger partial charge >= 0.3 is 12.1 Å². The van der Waals surface area contributed by atoms with Crippen LogP contribution in [0.4, 0.5) is 9.80 Å². The molecular weight excluding hydrogens is 430 g/mol. The number of carbonyl (C=O) groups excluding carboxylic acids is 1. The number of ether oxygens (including phenoxy) is 1. The third-order valence-corrected chi connectivity index (χ3v) is 6.34. The van der Waals surface area contributed by atoms with Crippen LogP contribution in [0.1, 0.15) is 27.4 Å². The molecule has 0 atom stereocenters. The molecule has 0 saturated carbocycles. The lowest BCUT2D eigenvalue weighted by Gasteiger charge is -2.14. The predicted molar refractivity (Wildman–Crippen MR) is 108 cm³/mol. The number of halogens is 1. The van der Waals surface area contributed by atoms with Gasteiger partial charge in [-0.15, -0.1) is 11.3 Å². The molecule has 0 bridgehead atoms. The van der Waals surface area contributed by atoms with Crippen molar-refractivity contribution in [3.05, 3.63) is 75.1 Å². The predicted octanol–water partition coefficient (Wildman–Crippen LogP) is 5.57. The van der Waals surface area contributed by atoms with E-state index in [0.29, 0.717) is 4.47 Å². The number of amides is 1. The van der Waals surface area contributed by atoms with Gasteiger partial charge in [0.1, 0.15) is 17.2 Å². The van der Waals surface area contributed by atoms with Gasteiger partial charge in [0.25, 0.3) is 0 Å². The highest BCUT2D eigenvalue weighted by molar-refractivity contribution is 9.10. The number of hydrogen-bond acceptors (Lipinski definition) is 4. The van der Waals surface area contributed by atoms with Crippen molar-refractivity contribution >= 4 is 44.3 Å². The van der Waals surface area contributed by atoms with Crippen molar-refractivity contribution in [2.75, 3.05) is 11.9 Å². The maximum absolute atomic E-state index is 12.2. The Labute approximate surface area is 167 Å². The number of fused-ring (bicyclic) bond motifs is 3. The van der Waals surface area contributed by atoms with E-state index >= 15 is 0 Å². The third-order valence-electron chi connectivity index (χ3n) is 4.52. The lowest BCUT2D eigenvalue weighted by Crippen LogP contribution is -2.18. The average molecular weight is 444 g/mol. The first-order valence-corrected chi connectivity index (χ1v) is 9.86. The molecule has 5 nitrogen and oxygen atoms in total. The van der Waals surface area contributed by atoms with Crippen LogP contribution in [0.2, 0.25) is 0 Å². The summed E-state index contributed by atoms with van der Waals surface area (Å²) < 4.78 is 5.86. The fraction of sp³-hybridized carbons (Fsp3) is 0.100. The van der Waals surface area contributed by atoms with Gasteiger partial charge in [-0.25, -0.2) is 9.59 Å². The van der Waals surface area contributed by atoms with Crippen LogP contribution in [0.3, 0.4) is 0 Å². The third kappa shape index (κ3) is 3.24. The lowest BCUT2D eigenvalue weighted by atomic mass is 9.98. The molecule has 7 heteroatoms. The van der Waals surface area contributed by atoms with Crippen LogP contribution in [-0.4, -0.2) is 23.8 Å². The van der Waals surface area contributed by atoms with Crippen LogP contribution < -0.4 is 5.32 Å². The number of carbonyl (C=O) groups is 2. The number of hydrogen-bond donors (Lipinski definition) is 2. The largest absolute Gasteiger partial charge is 0.478 e. The summed E-state index contributed by atoms with van der Waals surface area (Å²) in [6, 6.07) is 16.1. The molecule has 3 aromatic rings. The Bertz CT molecular complexity index is 1000. The van der Waals surface area contributed by atoms with Crippen molar-refractivity contribution in [1.82, 2.24) is 0 Å². The standard InChI is InChI=1S/C20H14BrNO4S/c21-16-10-27-18(17(16)19(23)24)22-20(25)26-9-15-13-7-3-1-5-11(13)12-6-2-4-8-14(12)15/h1-8,10,15H,9H2,(H,22,25)(H,23,24). The highest BCUT2D eigenvalue weighted by Crippen LogP contribution is 2.44. The maximum Gasteiger partial charge on any atom is 0.412 e. The monoisotopic (exact) mass is 443 g/mol. The Morgan fingerprint density at radius 3 is 2.26 bits per heavy atom. The second-order valence-electron chi connectivity index (χ2n) is 6.04. The van der Waals surface area contributed by atoms with Crippen LogP contribution >= 0.6 is 27.3 Å². The van der Waals surface area contributed by atoms with Gasteiger partial charge in [-0.05, 0) is 38.2 Å². The molecule has 0 radical (unpaired) electrons. The zero-order valence-electron chi connectivity index (χ0n) is 13.9. The number of thiophene rings is 1. The first-order chi connectivity index (χ1) is 13.1. The molecule has 27 heavy (non-hydrogen) atoms. The van der Waals surface area contributed by atoms with E-state index in [4.69, 9.17) is 4.74 Å². The lowest BCUT2D eigenvalue weighted by molar-refractivity contribution is 0.0697. The molecule has 2 aromatic carbocycles. The van der Waals surface area contributed by atoms with Crippen LogP contribution in [0, 0.1) is 0 Å². The summed E-state index contributed by atoms with van der Waals surface area (Å²) in [5.41, 5.74) is 4.57. The zero-order valence-corrected chi connectivity index (χ0v) is 16.3. The number of carboxylic acids is 1. The van der Waals surface area contributed by atoms with Gasteiger partial charge in [-0.1, -0.05) is 48.5 Å². The van der Waals surface area contributed by atoms with Crippen molar-refractivity contribution in [1.29, 1.82) is 0 Å². The van der Waals surface area contributed by atoms with E-state index in [2.05, 4.69) is 33.4 Å². The van der Waals surface area contributed by atoms with Crippen molar-refractivity contribution in [3.63, 3.8) is 0 Å². The van der Waals surface area contributed by atoms with Gasteiger partial charge in [0.05, 0.1) is 0 Å². The Morgan fingerprint density at radius 2 is 1.67 bits per heavy atom. The van der Waals surface area contributed by atoms with E-state index in [-0.39, 0.29) is 23.1 Å². The van der Waals surface area contributed by atoms with E-state index < -0.39 is 12.1 Å². The van der Waals surface area contributed by atoms with E-state index in [1.54, 1.807) is 5.38 Å². The molecule has 1 aliphatic carbocycles. The zero-order chi connectivity index (χ0) is 19.0. The Morgan fingerprint density at radius 1 is 1.07 bits per heavy atom. The average Bonchev–Trinajstić information content (AvgIpc) is 3.18.